The third-order valence-electron chi connectivity index (χ3n) is 5.59. The number of rotatable bonds is 6. The van der Waals surface area contributed by atoms with Gasteiger partial charge in [0.25, 0.3) is 0 Å². The van der Waals surface area contributed by atoms with Gasteiger partial charge in [-0.1, -0.05) is 31.3 Å². The first-order chi connectivity index (χ1) is 12.8. The number of nitrogens with zero attached hydrogens (tertiary/aromatic N) is 3. The molecule has 1 aliphatic carbocycles. The fourth-order valence-electron chi connectivity index (χ4n) is 4.17. The zero-order valence-electron chi connectivity index (χ0n) is 16.5. The van der Waals surface area contributed by atoms with Crippen LogP contribution in [0, 0.1) is 0 Å². The van der Waals surface area contributed by atoms with Gasteiger partial charge in [-0.3, -0.25) is 4.90 Å². The molecule has 6 heteroatoms. The largest absolute Gasteiger partial charge is 0.359 e. The van der Waals surface area contributed by atoms with Crippen LogP contribution in [0.2, 0.25) is 0 Å². The topological polar surface area (TPSA) is 65.7 Å². The molecule has 1 saturated heterocycles. The summed E-state index contributed by atoms with van der Waals surface area (Å²) in [6.45, 7) is 7.97. The molecule has 26 heavy (non-hydrogen) atoms. The van der Waals surface area contributed by atoms with Gasteiger partial charge in [-0.2, -0.15) is 0 Å². The summed E-state index contributed by atoms with van der Waals surface area (Å²) in [5, 5.41) is 11.1. The molecule has 0 spiro atoms. The molecule has 2 aliphatic rings. The Morgan fingerprint density at radius 1 is 1.23 bits per heavy atom. The Morgan fingerprint density at radius 3 is 2.81 bits per heavy atom. The smallest absolute Gasteiger partial charge is 0.191 e. The molecule has 0 radical (unpaired) electrons. The minimum absolute atomic E-state index is 0.476. The highest BCUT2D eigenvalue weighted by atomic mass is 16.5. The van der Waals surface area contributed by atoms with Gasteiger partial charge in [0.1, 0.15) is 6.54 Å². The van der Waals surface area contributed by atoms with Gasteiger partial charge < -0.3 is 15.2 Å². The van der Waals surface area contributed by atoms with Gasteiger partial charge in [0.2, 0.25) is 0 Å². The molecule has 2 N–H and O–H groups in total. The fraction of sp³-hybridized carbons (Fsp3) is 0.800. The molecule has 0 amide bonds. The van der Waals surface area contributed by atoms with Crippen LogP contribution in [0.25, 0.3) is 0 Å². The summed E-state index contributed by atoms with van der Waals surface area (Å²) >= 11 is 0. The second kappa shape index (κ2) is 9.95. The summed E-state index contributed by atoms with van der Waals surface area (Å²) in [6.07, 6.45) is 10.4. The van der Waals surface area contributed by atoms with Crippen molar-refractivity contribution in [2.45, 2.75) is 83.8 Å². The highest BCUT2D eigenvalue weighted by molar-refractivity contribution is 5.80. The van der Waals surface area contributed by atoms with Crippen molar-refractivity contribution in [3.05, 3.63) is 17.5 Å². The maximum absolute atomic E-state index is 5.35. The Balaban J connectivity index is 1.55. The Kier molecular flexibility index (Phi) is 7.35. The first kappa shape index (κ1) is 19.2. The van der Waals surface area contributed by atoms with E-state index >= 15 is 0 Å². The summed E-state index contributed by atoms with van der Waals surface area (Å²) < 4.78 is 5.35. The first-order valence-electron chi connectivity index (χ1n) is 10.5. The van der Waals surface area contributed by atoms with Crippen molar-refractivity contribution < 1.29 is 4.52 Å². The van der Waals surface area contributed by atoms with Gasteiger partial charge >= 0.3 is 0 Å². The number of likely N-dealkylation sites (tertiary alicyclic amines) is 1. The van der Waals surface area contributed by atoms with Crippen LogP contribution in [0.3, 0.4) is 0 Å². The molecule has 1 unspecified atom stereocenters. The third-order valence-corrected chi connectivity index (χ3v) is 5.59. The summed E-state index contributed by atoms with van der Waals surface area (Å²) in [6, 6.07) is 3.28. The van der Waals surface area contributed by atoms with E-state index in [1.165, 1.54) is 51.5 Å². The molecule has 1 aliphatic heterocycles. The van der Waals surface area contributed by atoms with E-state index in [1.807, 2.05) is 6.07 Å². The summed E-state index contributed by atoms with van der Waals surface area (Å²) in [7, 11) is 0. The molecule has 1 saturated carbocycles. The standard InChI is InChI=1S/C20H35N5O/c1-3-16-13-19(26-24-16)14-22-20(21-4-2)23-17-9-8-12-25(15-17)18-10-6-5-7-11-18/h13,17-18H,3-12,14-15H2,1-2H3,(H2,21,22,23). The van der Waals surface area contributed by atoms with Crippen LogP contribution in [-0.2, 0) is 13.0 Å². The van der Waals surface area contributed by atoms with E-state index in [2.05, 4.69) is 34.5 Å². The molecule has 2 heterocycles. The van der Waals surface area contributed by atoms with Crippen LogP contribution in [-0.4, -0.2) is 47.7 Å². The number of nitrogens with one attached hydrogen (secondary N) is 2. The minimum atomic E-state index is 0.476. The normalized spacial score (nSPS) is 23.2. The highest BCUT2D eigenvalue weighted by Crippen LogP contribution is 2.25. The lowest BCUT2D eigenvalue weighted by Crippen LogP contribution is -2.53. The number of aromatic nitrogens is 1. The Hall–Kier alpha value is -1.56. The molecular formula is C20H35N5O. The summed E-state index contributed by atoms with van der Waals surface area (Å²) in [5.74, 6) is 1.71. The Labute approximate surface area is 157 Å². The first-order valence-corrected chi connectivity index (χ1v) is 10.5. The van der Waals surface area contributed by atoms with Crippen molar-refractivity contribution >= 4 is 5.96 Å². The number of aryl methyl sites for hydroxylation is 1. The number of piperidine rings is 1. The van der Waals surface area contributed by atoms with Gasteiger partial charge in [-0.25, -0.2) is 4.99 Å². The molecular weight excluding hydrogens is 326 g/mol. The van der Waals surface area contributed by atoms with Crippen molar-refractivity contribution in [1.82, 2.24) is 20.7 Å². The summed E-state index contributed by atoms with van der Waals surface area (Å²) in [4.78, 5) is 7.42. The van der Waals surface area contributed by atoms with Gasteiger partial charge in [0.05, 0.1) is 5.69 Å². The molecule has 3 rings (SSSR count). The van der Waals surface area contributed by atoms with Crippen LogP contribution in [0.15, 0.2) is 15.6 Å². The minimum Gasteiger partial charge on any atom is -0.359 e. The maximum Gasteiger partial charge on any atom is 0.191 e. The second-order valence-electron chi connectivity index (χ2n) is 7.60. The average Bonchev–Trinajstić information content (AvgIpc) is 3.15. The lowest BCUT2D eigenvalue weighted by Gasteiger charge is -2.40. The van der Waals surface area contributed by atoms with Crippen LogP contribution in [0.4, 0.5) is 0 Å². The van der Waals surface area contributed by atoms with Crippen molar-refractivity contribution in [3.63, 3.8) is 0 Å². The Morgan fingerprint density at radius 2 is 2.08 bits per heavy atom. The van der Waals surface area contributed by atoms with Gasteiger partial charge in [0.15, 0.2) is 11.7 Å². The van der Waals surface area contributed by atoms with E-state index in [0.29, 0.717) is 12.6 Å². The van der Waals surface area contributed by atoms with E-state index < -0.39 is 0 Å². The zero-order chi connectivity index (χ0) is 18.2. The second-order valence-corrected chi connectivity index (χ2v) is 7.60. The number of hydrogen-bond donors (Lipinski definition) is 2. The Bertz CT molecular complexity index is 564. The van der Waals surface area contributed by atoms with Crippen molar-refractivity contribution in [3.8, 4) is 0 Å². The molecule has 2 fully saturated rings. The molecule has 146 valence electrons. The molecule has 1 aromatic rings. The lowest BCUT2D eigenvalue weighted by atomic mass is 9.92. The van der Waals surface area contributed by atoms with Crippen LogP contribution in [0.5, 0.6) is 0 Å². The van der Waals surface area contributed by atoms with Gasteiger partial charge in [0, 0.05) is 31.2 Å². The molecule has 1 atom stereocenters. The molecule has 1 aromatic heterocycles. The van der Waals surface area contributed by atoms with Crippen LogP contribution >= 0.6 is 0 Å². The van der Waals surface area contributed by atoms with Gasteiger partial charge in [-0.05, 0) is 45.6 Å². The quantitative estimate of drug-likeness (QED) is 0.602. The lowest BCUT2D eigenvalue weighted by molar-refractivity contribution is 0.115. The van der Waals surface area contributed by atoms with E-state index in [-0.39, 0.29) is 0 Å². The number of aliphatic imine (C=N–C) groups is 1. The number of guanidine groups is 1. The zero-order valence-corrected chi connectivity index (χ0v) is 16.5. The SMILES string of the molecule is CCNC(=NCc1cc(CC)no1)NC1CCCN(C2CCCCC2)C1. The van der Waals surface area contributed by atoms with Gasteiger partial charge in [-0.15, -0.1) is 0 Å². The maximum atomic E-state index is 5.35. The monoisotopic (exact) mass is 361 g/mol. The molecule has 6 nitrogen and oxygen atoms in total. The predicted octanol–water partition coefficient (Wildman–Crippen LogP) is 3.09. The molecule has 0 bridgehead atoms. The highest BCUT2D eigenvalue weighted by Gasteiger charge is 2.27. The van der Waals surface area contributed by atoms with E-state index in [4.69, 9.17) is 9.52 Å². The van der Waals surface area contributed by atoms with E-state index in [9.17, 15) is 0 Å². The summed E-state index contributed by atoms with van der Waals surface area (Å²) in [5.41, 5.74) is 0.989. The molecule has 0 aromatic carbocycles. The van der Waals surface area contributed by atoms with Crippen molar-refractivity contribution in [2.24, 2.45) is 4.99 Å². The van der Waals surface area contributed by atoms with E-state index in [0.717, 1.165) is 43.0 Å². The fourth-order valence-corrected chi connectivity index (χ4v) is 4.17. The van der Waals surface area contributed by atoms with E-state index in [1.54, 1.807) is 0 Å². The third kappa shape index (κ3) is 5.47. The predicted molar refractivity (Wildman–Crippen MR) is 105 cm³/mol. The van der Waals surface area contributed by atoms with Crippen LogP contribution < -0.4 is 10.6 Å². The van der Waals surface area contributed by atoms with Crippen molar-refractivity contribution in [1.29, 1.82) is 0 Å². The number of hydrogen-bond acceptors (Lipinski definition) is 4. The van der Waals surface area contributed by atoms with Crippen LogP contribution in [0.1, 0.15) is 70.2 Å². The average molecular weight is 362 g/mol. The van der Waals surface area contributed by atoms with Crippen molar-refractivity contribution in [2.75, 3.05) is 19.6 Å².